The molecule has 0 saturated carbocycles. The van der Waals surface area contributed by atoms with Gasteiger partial charge in [-0.05, 0) is 31.5 Å². The largest absolute Gasteiger partial charge is 0.356 e. The van der Waals surface area contributed by atoms with E-state index in [9.17, 15) is 9.59 Å². The fourth-order valence-electron chi connectivity index (χ4n) is 1.89. The van der Waals surface area contributed by atoms with Crippen molar-refractivity contribution in [2.24, 2.45) is 0 Å². The van der Waals surface area contributed by atoms with Crippen LogP contribution in [0.5, 0.6) is 0 Å². The minimum absolute atomic E-state index is 0.0548. The molecule has 2 amide bonds. The van der Waals surface area contributed by atoms with Gasteiger partial charge in [0.25, 0.3) is 0 Å². The number of benzene rings is 1. The van der Waals surface area contributed by atoms with E-state index in [1.165, 1.54) is 6.92 Å². The average molecular weight is 277 g/mol. The van der Waals surface area contributed by atoms with Crippen molar-refractivity contribution in [1.29, 1.82) is 0 Å². The van der Waals surface area contributed by atoms with Crippen LogP contribution in [-0.2, 0) is 9.59 Å². The molecule has 1 unspecified atom stereocenters. The number of carbonyl (C=O) groups is 2. The van der Waals surface area contributed by atoms with Crippen LogP contribution in [0.15, 0.2) is 24.3 Å². The van der Waals surface area contributed by atoms with Gasteiger partial charge in [-0.1, -0.05) is 12.1 Å². The Kier molecular flexibility index (Phi) is 6.73. The summed E-state index contributed by atoms with van der Waals surface area (Å²) in [6.45, 7) is 6.71. The first kappa shape index (κ1) is 16.2. The van der Waals surface area contributed by atoms with Crippen LogP contribution in [0.25, 0.3) is 0 Å². The quantitative estimate of drug-likeness (QED) is 0.712. The summed E-state index contributed by atoms with van der Waals surface area (Å²) in [6.07, 6.45) is 0.462. The number of carbonyl (C=O) groups excluding carboxylic acids is 2. The van der Waals surface area contributed by atoms with Gasteiger partial charge in [0.2, 0.25) is 11.8 Å². The average Bonchev–Trinajstić information content (AvgIpc) is 2.38. The number of hydrogen-bond acceptors (Lipinski definition) is 3. The van der Waals surface area contributed by atoms with Crippen molar-refractivity contribution in [2.45, 2.75) is 33.2 Å². The predicted octanol–water partition coefficient (Wildman–Crippen LogP) is 1.82. The third-order valence-electron chi connectivity index (χ3n) is 2.88. The lowest BCUT2D eigenvalue weighted by Gasteiger charge is -2.15. The molecule has 0 aliphatic carbocycles. The zero-order valence-electron chi connectivity index (χ0n) is 12.3. The van der Waals surface area contributed by atoms with E-state index in [2.05, 4.69) is 16.0 Å². The second-order valence-electron chi connectivity index (χ2n) is 4.69. The van der Waals surface area contributed by atoms with Gasteiger partial charge in [0, 0.05) is 38.2 Å². The monoisotopic (exact) mass is 277 g/mol. The first-order valence-electron chi connectivity index (χ1n) is 6.90. The molecule has 110 valence electrons. The fraction of sp³-hybridized carbons (Fsp3) is 0.467. The summed E-state index contributed by atoms with van der Waals surface area (Å²) < 4.78 is 0. The standard InChI is InChI=1S/C15H23N3O2/c1-4-16-15(20)8-9-17-11(2)13-6-5-7-14(10-13)18-12(3)19/h5-7,10-11,17H,4,8-9H2,1-3H3,(H,16,20)(H,18,19). The summed E-state index contributed by atoms with van der Waals surface area (Å²) >= 11 is 0. The highest BCUT2D eigenvalue weighted by molar-refractivity contribution is 5.88. The highest BCUT2D eigenvalue weighted by atomic mass is 16.2. The Hall–Kier alpha value is -1.88. The Morgan fingerprint density at radius 3 is 2.70 bits per heavy atom. The van der Waals surface area contributed by atoms with Crippen LogP contribution in [0, 0.1) is 0 Å². The molecule has 0 spiro atoms. The van der Waals surface area contributed by atoms with E-state index in [-0.39, 0.29) is 17.9 Å². The second-order valence-corrected chi connectivity index (χ2v) is 4.69. The SMILES string of the molecule is CCNC(=O)CCNC(C)c1cccc(NC(C)=O)c1. The normalized spacial score (nSPS) is 11.8. The summed E-state index contributed by atoms with van der Waals surface area (Å²) in [5.74, 6) is -0.0294. The number of amides is 2. The van der Waals surface area contributed by atoms with Gasteiger partial charge in [-0.25, -0.2) is 0 Å². The lowest BCUT2D eigenvalue weighted by Crippen LogP contribution is -2.28. The van der Waals surface area contributed by atoms with Crippen LogP contribution >= 0.6 is 0 Å². The van der Waals surface area contributed by atoms with Gasteiger partial charge in [0.15, 0.2) is 0 Å². The van der Waals surface area contributed by atoms with Gasteiger partial charge in [0.1, 0.15) is 0 Å². The van der Waals surface area contributed by atoms with Crippen LogP contribution in [0.3, 0.4) is 0 Å². The molecule has 1 rings (SSSR count). The minimum Gasteiger partial charge on any atom is -0.356 e. The van der Waals surface area contributed by atoms with Crippen molar-refractivity contribution in [2.75, 3.05) is 18.4 Å². The summed E-state index contributed by atoms with van der Waals surface area (Å²) in [5.41, 5.74) is 1.86. The van der Waals surface area contributed by atoms with E-state index in [1.807, 2.05) is 38.1 Å². The highest BCUT2D eigenvalue weighted by Crippen LogP contribution is 2.17. The maximum absolute atomic E-state index is 11.3. The number of anilines is 1. The van der Waals surface area contributed by atoms with E-state index >= 15 is 0 Å². The number of nitrogens with one attached hydrogen (secondary N) is 3. The van der Waals surface area contributed by atoms with Gasteiger partial charge < -0.3 is 16.0 Å². The van der Waals surface area contributed by atoms with Crippen LogP contribution in [0.2, 0.25) is 0 Å². The summed E-state index contributed by atoms with van der Waals surface area (Å²) in [5, 5.41) is 8.82. The molecule has 0 fully saturated rings. The first-order valence-corrected chi connectivity index (χ1v) is 6.90. The molecule has 0 bridgehead atoms. The maximum Gasteiger partial charge on any atom is 0.221 e. The van der Waals surface area contributed by atoms with Crippen molar-refractivity contribution in [1.82, 2.24) is 10.6 Å². The van der Waals surface area contributed by atoms with E-state index in [0.29, 0.717) is 19.5 Å². The molecule has 1 aromatic rings. The molecule has 0 heterocycles. The van der Waals surface area contributed by atoms with Crippen molar-refractivity contribution in [3.63, 3.8) is 0 Å². The molecule has 0 aromatic heterocycles. The lowest BCUT2D eigenvalue weighted by atomic mass is 10.1. The molecule has 0 radical (unpaired) electrons. The highest BCUT2D eigenvalue weighted by Gasteiger charge is 2.07. The third-order valence-corrected chi connectivity index (χ3v) is 2.88. The zero-order valence-corrected chi connectivity index (χ0v) is 12.3. The Labute approximate surface area is 120 Å². The fourth-order valence-corrected chi connectivity index (χ4v) is 1.89. The molecule has 20 heavy (non-hydrogen) atoms. The van der Waals surface area contributed by atoms with E-state index < -0.39 is 0 Å². The molecule has 0 aliphatic rings. The topological polar surface area (TPSA) is 70.2 Å². The number of rotatable bonds is 7. The molecule has 5 nitrogen and oxygen atoms in total. The second kappa shape index (κ2) is 8.32. The van der Waals surface area contributed by atoms with Crippen LogP contribution < -0.4 is 16.0 Å². The molecular formula is C15H23N3O2. The molecule has 0 aliphatic heterocycles. The Bertz CT molecular complexity index is 460. The Balaban J connectivity index is 2.48. The van der Waals surface area contributed by atoms with Gasteiger partial charge in [-0.15, -0.1) is 0 Å². The van der Waals surface area contributed by atoms with Crippen LogP contribution in [0.1, 0.15) is 38.8 Å². The predicted molar refractivity (Wildman–Crippen MR) is 80.5 cm³/mol. The van der Waals surface area contributed by atoms with Crippen LogP contribution in [-0.4, -0.2) is 24.9 Å². The van der Waals surface area contributed by atoms with Gasteiger partial charge in [-0.2, -0.15) is 0 Å². The van der Waals surface area contributed by atoms with Crippen molar-refractivity contribution < 1.29 is 9.59 Å². The number of hydrogen-bond donors (Lipinski definition) is 3. The summed E-state index contributed by atoms with van der Waals surface area (Å²) in [7, 11) is 0. The lowest BCUT2D eigenvalue weighted by molar-refractivity contribution is -0.121. The van der Waals surface area contributed by atoms with E-state index in [4.69, 9.17) is 0 Å². The minimum atomic E-state index is -0.0843. The molecule has 0 saturated heterocycles. The van der Waals surface area contributed by atoms with Crippen molar-refractivity contribution in [3.05, 3.63) is 29.8 Å². The summed E-state index contributed by atoms with van der Waals surface area (Å²) in [4.78, 5) is 22.4. The van der Waals surface area contributed by atoms with Crippen LogP contribution in [0.4, 0.5) is 5.69 Å². The molecule has 5 heteroatoms. The molecule has 1 atom stereocenters. The Morgan fingerprint density at radius 1 is 1.30 bits per heavy atom. The molecule has 1 aromatic carbocycles. The van der Waals surface area contributed by atoms with Gasteiger partial charge in [-0.3, -0.25) is 9.59 Å². The van der Waals surface area contributed by atoms with E-state index in [1.54, 1.807) is 0 Å². The van der Waals surface area contributed by atoms with Gasteiger partial charge >= 0.3 is 0 Å². The molecular weight excluding hydrogens is 254 g/mol. The zero-order chi connectivity index (χ0) is 15.0. The smallest absolute Gasteiger partial charge is 0.221 e. The third kappa shape index (κ3) is 5.84. The molecule has 3 N–H and O–H groups in total. The Morgan fingerprint density at radius 2 is 2.05 bits per heavy atom. The maximum atomic E-state index is 11.3. The van der Waals surface area contributed by atoms with Crippen molar-refractivity contribution >= 4 is 17.5 Å². The van der Waals surface area contributed by atoms with E-state index in [0.717, 1.165) is 11.3 Å². The first-order chi connectivity index (χ1) is 9.52. The van der Waals surface area contributed by atoms with Gasteiger partial charge in [0.05, 0.1) is 0 Å². The van der Waals surface area contributed by atoms with Crippen molar-refractivity contribution in [3.8, 4) is 0 Å². The summed E-state index contributed by atoms with van der Waals surface area (Å²) in [6, 6.07) is 7.81.